The van der Waals surface area contributed by atoms with Crippen molar-refractivity contribution in [2.45, 2.75) is 174 Å². The Kier molecular flexibility index (Phi) is 25.1. The number of Topliss-reactive ketones (excluding diaryl/α,β-unsaturated/α-hetero) is 1. The number of hydrogen-bond acceptors (Lipinski definition) is 2. The first-order valence-electron chi connectivity index (χ1n) is 14.9. The lowest BCUT2D eigenvalue weighted by Crippen LogP contribution is -2.23. The van der Waals surface area contributed by atoms with Crippen LogP contribution in [0.15, 0.2) is 0 Å². The SMILES string of the molecule is CCCCCCCCCCCCCCCC(=O)C(CCCCCCCCCCCC)C(=O)O. The largest absolute Gasteiger partial charge is 0.481 e. The molecule has 0 aromatic heterocycles. The fourth-order valence-corrected chi connectivity index (χ4v) is 4.75. The highest BCUT2D eigenvalue weighted by Gasteiger charge is 2.24. The van der Waals surface area contributed by atoms with E-state index in [1.807, 2.05) is 0 Å². The molecule has 0 aromatic carbocycles. The highest BCUT2D eigenvalue weighted by Crippen LogP contribution is 2.18. The summed E-state index contributed by atoms with van der Waals surface area (Å²) in [5.41, 5.74) is 0. The molecule has 0 fully saturated rings. The second-order valence-corrected chi connectivity index (χ2v) is 10.3. The Hall–Kier alpha value is -0.860. The van der Waals surface area contributed by atoms with Crippen LogP contribution >= 0.6 is 0 Å². The van der Waals surface area contributed by atoms with E-state index >= 15 is 0 Å². The normalized spacial score (nSPS) is 12.2. The Bertz CT molecular complexity index is 432. The van der Waals surface area contributed by atoms with Crippen molar-refractivity contribution in [1.82, 2.24) is 0 Å². The van der Waals surface area contributed by atoms with E-state index in [9.17, 15) is 14.7 Å². The summed E-state index contributed by atoms with van der Waals surface area (Å²) in [5.74, 6) is -1.72. The summed E-state index contributed by atoms with van der Waals surface area (Å²) in [4.78, 5) is 23.9. The average Bonchev–Trinajstić information content (AvgIpc) is 2.80. The zero-order valence-electron chi connectivity index (χ0n) is 22.5. The van der Waals surface area contributed by atoms with Gasteiger partial charge in [0.15, 0.2) is 0 Å². The molecule has 1 unspecified atom stereocenters. The van der Waals surface area contributed by atoms with Crippen LogP contribution in [0, 0.1) is 5.92 Å². The molecular weight excluding hydrogens is 408 g/mol. The molecule has 1 atom stereocenters. The zero-order chi connectivity index (χ0) is 24.4. The summed E-state index contributed by atoms with van der Waals surface area (Å²) in [6.45, 7) is 4.51. The lowest BCUT2D eigenvalue weighted by atomic mass is 9.93. The minimum Gasteiger partial charge on any atom is -0.481 e. The van der Waals surface area contributed by atoms with Gasteiger partial charge in [0.05, 0.1) is 0 Å². The van der Waals surface area contributed by atoms with Gasteiger partial charge in [-0.15, -0.1) is 0 Å². The summed E-state index contributed by atoms with van der Waals surface area (Å²) >= 11 is 0. The summed E-state index contributed by atoms with van der Waals surface area (Å²) in [6.07, 6.45) is 30.0. The van der Waals surface area contributed by atoms with Crippen LogP contribution in [0.4, 0.5) is 0 Å². The molecule has 0 aromatic rings. The predicted octanol–water partition coefficient (Wildman–Crippen LogP) is 10.0. The first-order valence-corrected chi connectivity index (χ1v) is 14.9. The molecule has 196 valence electrons. The molecule has 0 heterocycles. The minimum absolute atomic E-state index is 0.0403. The molecule has 0 radical (unpaired) electrons. The number of carbonyl (C=O) groups is 2. The van der Waals surface area contributed by atoms with Gasteiger partial charge in [-0.25, -0.2) is 0 Å². The molecule has 0 saturated heterocycles. The first-order chi connectivity index (χ1) is 16.1. The Morgan fingerprint density at radius 1 is 0.485 bits per heavy atom. The van der Waals surface area contributed by atoms with Gasteiger partial charge in [-0.1, -0.05) is 155 Å². The fraction of sp³-hybridized carbons (Fsp3) is 0.933. The standard InChI is InChI=1S/C30H58O3/c1-3-5-7-9-11-13-15-16-17-19-21-23-25-27-29(31)28(30(32)33)26-24-22-20-18-14-12-10-8-6-4-2/h28H,3-27H2,1-2H3,(H,32,33). The second kappa shape index (κ2) is 25.8. The van der Waals surface area contributed by atoms with E-state index in [1.54, 1.807) is 0 Å². The van der Waals surface area contributed by atoms with Crippen molar-refractivity contribution in [2.24, 2.45) is 5.92 Å². The highest BCUT2D eigenvalue weighted by atomic mass is 16.4. The zero-order valence-corrected chi connectivity index (χ0v) is 22.5. The third-order valence-electron chi connectivity index (χ3n) is 7.06. The summed E-state index contributed by atoms with van der Waals surface area (Å²) in [5, 5.41) is 9.47. The van der Waals surface area contributed by atoms with Crippen LogP contribution in [-0.4, -0.2) is 16.9 Å². The predicted molar refractivity (Wildman–Crippen MR) is 143 cm³/mol. The van der Waals surface area contributed by atoms with E-state index in [4.69, 9.17) is 0 Å². The van der Waals surface area contributed by atoms with Crippen molar-refractivity contribution in [3.05, 3.63) is 0 Å². The Morgan fingerprint density at radius 3 is 1.12 bits per heavy atom. The topological polar surface area (TPSA) is 54.4 Å². The van der Waals surface area contributed by atoms with Crippen molar-refractivity contribution in [1.29, 1.82) is 0 Å². The number of rotatable bonds is 27. The molecule has 0 bridgehead atoms. The lowest BCUT2D eigenvalue weighted by Gasteiger charge is -2.11. The van der Waals surface area contributed by atoms with Crippen LogP contribution in [-0.2, 0) is 9.59 Å². The van der Waals surface area contributed by atoms with Gasteiger partial charge in [-0.2, -0.15) is 0 Å². The number of hydrogen-bond donors (Lipinski definition) is 1. The fourth-order valence-electron chi connectivity index (χ4n) is 4.75. The van der Waals surface area contributed by atoms with Crippen LogP contribution in [0.3, 0.4) is 0 Å². The molecule has 0 aliphatic carbocycles. The molecule has 1 N–H and O–H groups in total. The third-order valence-corrected chi connectivity index (χ3v) is 7.06. The molecule has 0 aliphatic heterocycles. The monoisotopic (exact) mass is 466 g/mol. The molecule has 0 amide bonds. The lowest BCUT2D eigenvalue weighted by molar-refractivity contribution is -0.146. The van der Waals surface area contributed by atoms with Crippen LogP contribution in [0.1, 0.15) is 174 Å². The van der Waals surface area contributed by atoms with Gasteiger partial charge in [0.1, 0.15) is 11.7 Å². The first kappa shape index (κ1) is 32.1. The Balaban J connectivity index is 3.59. The van der Waals surface area contributed by atoms with Gasteiger partial charge in [-0.05, 0) is 12.8 Å². The number of aliphatic carboxylic acids is 1. The van der Waals surface area contributed by atoms with E-state index in [0.717, 1.165) is 25.7 Å². The third kappa shape index (κ3) is 22.7. The average molecular weight is 467 g/mol. The number of unbranched alkanes of at least 4 members (excludes halogenated alkanes) is 21. The van der Waals surface area contributed by atoms with E-state index in [-0.39, 0.29) is 5.78 Å². The van der Waals surface area contributed by atoms with E-state index in [0.29, 0.717) is 12.8 Å². The van der Waals surface area contributed by atoms with Gasteiger partial charge < -0.3 is 5.11 Å². The van der Waals surface area contributed by atoms with E-state index in [1.165, 1.54) is 122 Å². The van der Waals surface area contributed by atoms with Crippen molar-refractivity contribution >= 4 is 11.8 Å². The number of carboxylic acids is 1. The number of carboxylic acid groups (broad SMARTS) is 1. The maximum absolute atomic E-state index is 12.4. The molecule has 0 spiro atoms. The summed E-state index contributed by atoms with van der Waals surface area (Å²) < 4.78 is 0. The highest BCUT2D eigenvalue weighted by molar-refractivity contribution is 5.98. The van der Waals surface area contributed by atoms with Gasteiger partial charge in [0.2, 0.25) is 0 Å². The van der Waals surface area contributed by atoms with Crippen LogP contribution in [0.5, 0.6) is 0 Å². The quantitative estimate of drug-likeness (QED) is 0.0967. The smallest absolute Gasteiger partial charge is 0.314 e. The van der Waals surface area contributed by atoms with Crippen LogP contribution in [0.25, 0.3) is 0 Å². The molecule has 0 saturated carbocycles. The van der Waals surface area contributed by atoms with Crippen molar-refractivity contribution in [3.8, 4) is 0 Å². The Labute approximate surface area is 206 Å². The summed E-state index contributed by atoms with van der Waals surface area (Å²) in [7, 11) is 0. The second-order valence-electron chi connectivity index (χ2n) is 10.3. The Morgan fingerprint density at radius 2 is 0.788 bits per heavy atom. The molecule has 3 nitrogen and oxygen atoms in total. The van der Waals surface area contributed by atoms with Gasteiger partial charge in [-0.3, -0.25) is 9.59 Å². The van der Waals surface area contributed by atoms with Crippen molar-refractivity contribution in [3.63, 3.8) is 0 Å². The van der Waals surface area contributed by atoms with Gasteiger partial charge in [0, 0.05) is 6.42 Å². The van der Waals surface area contributed by atoms with Crippen molar-refractivity contribution < 1.29 is 14.7 Å². The van der Waals surface area contributed by atoms with Gasteiger partial charge in [0.25, 0.3) is 0 Å². The van der Waals surface area contributed by atoms with Gasteiger partial charge >= 0.3 is 5.97 Å². The molecule has 0 rings (SSSR count). The molecular formula is C30H58O3. The van der Waals surface area contributed by atoms with E-state index in [2.05, 4.69) is 13.8 Å². The summed E-state index contributed by atoms with van der Waals surface area (Å²) in [6, 6.07) is 0. The maximum atomic E-state index is 12.4. The van der Waals surface area contributed by atoms with Crippen molar-refractivity contribution in [2.75, 3.05) is 0 Å². The number of ketones is 1. The molecule has 3 heteroatoms. The van der Waals surface area contributed by atoms with E-state index < -0.39 is 11.9 Å². The van der Waals surface area contributed by atoms with Crippen LogP contribution < -0.4 is 0 Å². The molecule has 0 aliphatic rings. The minimum atomic E-state index is -0.911. The number of carbonyl (C=O) groups excluding carboxylic acids is 1. The molecule has 33 heavy (non-hydrogen) atoms. The van der Waals surface area contributed by atoms with Crippen LogP contribution in [0.2, 0.25) is 0 Å². The maximum Gasteiger partial charge on any atom is 0.314 e.